The van der Waals surface area contributed by atoms with Crippen molar-refractivity contribution < 1.29 is 0 Å². The van der Waals surface area contributed by atoms with E-state index in [1.807, 2.05) is 0 Å². The van der Waals surface area contributed by atoms with Crippen LogP contribution >= 0.6 is 11.3 Å². The fourth-order valence-electron chi connectivity index (χ4n) is 2.78. The molecule has 1 fully saturated rings. The molecule has 0 unspecified atom stereocenters. The molecule has 0 atom stereocenters. The van der Waals surface area contributed by atoms with Crippen LogP contribution in [-0.4, -0.2) is 11.0 Å². The molecule has 1 heterocycles. The predicted octanol–water partition coefficient (Wildman–Crippen LogP) is 4.45. The number of anilines is 1. The van der Waals surface area contributed by atoms with Gasteiger partial charge in [-0.2, -0.15) is 0 Å². The average Bonchev–Trinajstić information content (AvgIpc) is 2.64. The van der Waals surface area contributed by atoms with Crippen LogP contribution in [0.4, 0.5) is 5.13 Å². The zero-order valence-corrected chi connectivity index (χ0v) is 12.5. The summed E-state index contributed by atoms with van der Waals surface area (Å²) in [5, 5.41) is 4.67. The molecule has 18 heavy (non-hydrogen) atoms. The smallest absolute Gasteiger partial charge is 0.184 e. The van der Waals surface area contributed by atoms with Crippen molar-refractivity contribution >= 4 is 26.7 Å². The number of thiazole rings is 1. The second-order valence-electron chi connectivity index (χ2n) is 6.51. The number of aryl methyl sites for hydroxylation is 1. The first-order valence-corrected chi connectivity index (χ1v) is 7.28. The molecule has 1 N–H and O–H groups in total. The summed E-state index contributed by atoms with van der Waals surface area (Å²) < 4.78 is 1.26. The van der Waals surface area contributed by atoms with Crippen LogP contribution in [0, 0.1) is 17.8 Å². The summed E-state index contributed by atoms with van der Waals surface area (Å²) in [5.74, 6) is 0. The minimum absolute atomic E-state index is 0.348. The minimum Gasteiger partial charge on any atom is -0.358 e. The molecule has 1 aromatic carbocycles. The van der Waals surface area contributed by atoms with Crippen LogP contribution in [0.25, 0.3) is 10.2 Å². The number of aromatic nitrogens is 1. The van der Waals surface area contributed by atoms with Crippen molar-refractivity contribution in [1.82, 2.24) is 4.98 Å². The molecule has 96 valence electrons. The van der Waals surface area contributed by atoms with Crippen molar-refractivity contribution in [3.05, 3.63) is 23.8 Å². The van der Waals surface area contributed by atoms with Gasteiger partial charge in [-0.1, -0.05) is 45.1 Å². The maximum Gasteiger partial charge on any atom is 0.184 e. The van der Waals surface area contributed by atoms with E-state index in [1.165, 1.54) is 10.3 Å². The zero-order chi connectivity index (χ0) is 13.1. The highest BCUT2D eigenvalue weighted by Crippen LogP contribution is 2.63. The lowest BCUT2D eigenvalue weighted by atomic mass is 10.0. The first kappa shape index (κ1) is 12.0. The minimum atomic E-state index is 0.348. The monoisotopic (exact) mass is 260 g/mol. The lowest BCUT2D eigenvalue weighted by Crippen LogP contribution is -2.09. The summed E-state index contributed by atoms with van der Waals surface area (Å²) >= 11 is 1.75. The second kappa shape index (κ2) is 3.47. The highest BCUT2D eigenvalue weighted by atomic mass is 32.1. The molecule has 0 saturated heterocycles. The summed E-state index contributed by atoms with van der Waals surface area (Å²) in [4.78, 5) is 4.69. The van der Waals surface area contributed by atoms with E-state index in [1.54, 1.807) is 11.3 Å². The number of hydrogen-bond acceptors (Lipinski definition) is 3. The normalized spacial score (nSPS) is 21.2. The van der Waals surface area contributed by atoms with Crippen LogP contribution < -0.4 is 5.32 Å². The number of nitrogens with zero attached hydrogens (tertiary/aromatic N) is 1. The molecular formula is C15H20N2S. The Kier molecular flexibility index (Phi) is 2.31. The van der Waals surface area contributed by atoms with Gasteiger partial charge in [0.05, 0.1) is 10.2 Å². The fourth-order valence-corrected chi connectivity index (χ4v) is 3.65. The highest BCUT2D eigenvalue weighted by Gasteiger charge is 2.65. The Balaban J connectivity index is 1.89. The fraction of sp³-hybridized carbons (Fsp3) is 0.533. The van der Waals surface area contributed by atoms with Crippen molar-refractivity contribution in [3.8, 4) is 0 Å². The van der Waals surface area contributed by atoms with Crippen LogP contribution in [-0.2, 0) is 0 Å². The van der Waals surface area contributed by atoms with Crippen molar-refractivity contribution in [1.29, 1.82) is 0 Å². The average molecular weight is 260 g/mol. The predicted molar refractivity (Wildman–Crippen MR) is 79.3 cm³/mol. The molecule has 0 spiro atoms. The van der Waals surface area contributed by atoms with E-state index in [2.05, 4.69) is 58.1 Å². The van der Waals surface area contributed by atoms with Gasteiger partial charge in [0.15, 0.2) is 5.13 Å². The maximum atomic E-state index is 4.69. The van der Waals surface area contributed by atoms with Crippen molar-refractivity contribution in [2.24, 2.45) is 10.8 Å². The van der Waals surface area contributed by atoms with Crippen molar-refractivity contribution in [2.75, 3.05) is 5.32 Å². The van der Waals surface area contributed by atoms with E-state index >= 15 is 0 Å². The number of fused-ring (bicyclic) bond motifs is 1. The SMILES string of the molecule is Cc1ccc2sc(NC3C(C)(C)C3(C)C)nc2c1. The van der Waals surface area contributed by atoms with Crippen LogP contribution in [0.1, 0.15) is 33.3 Å². The summed E-state index contributed by atoms with van der Waals surface area (Å²) in [6, 6.07) is 6.98. The number of nitrogens with one attached hydrogen (secondary N) is 1. The third-order valence-electron chi connectivity index (χ3n) is 4.83. The van der Waals surface area contributed by atoms with Gasteiger partial charge < -0.3 is 5.32 Å². The van der Waals surface area contributed by atoms with Gasteiger partial charge in [-0.15, -0.1) is 0 Å². The lowest BCUT2D eigenvalue weighted by molar-refractivity contribution is 0.457. The van der Waals surface area contributed by atoms with E-state index < -0.39 is 0 Å². The lowest BCUT2D eigenvalue weighted by Gasteiger charge is -2.02. The molecular weight excluding hydrogens is 240 g/mol. The van der Waals surface area contributed by atoms with Gasteiger partial charge >= 0.3 is 0 Å². The molecule has 3 heteroatoms. The Morgan fingerprint density at radius 1 is 1.17 bits per heavy atom. The van der Waals surface area contributed by atoms with Crippen molar-refractivity contribution in [3.63, 3.8) is 0 Å². The summed E-state index contributed by atoms with van der Waals surface area (Å²) in [7, 11) is 0. The van der Waals surface area contributed by atoms with Crippen LogP contribution in [0.2, 0.25) is 0 Å². The first-order valence-electron chi connectivity index (χ1n) is 6.46. The molecule has 3 rings (SSSR count). The summed E-state index contributed by atoms with van der Waals surface area (Å²) in [6.07, 6.45) is 0. The van der Waals surface area contributed by atoms with Crippen LogP contribution in [0.3, 0.4) is 0 Å². The van der Waals surface area contributed by atoms with E-state index in [0.717, 1.165) is 10.6 Å². The molecule has 0 aliphatic heterocycles. The van der Waals surface area contributed by atoms with E-state index in [-0.39, 0.29) is 0 Å². The van der Waals surface area contributed by atoms with Gasteiger partial charge in [-0.3, -0.25) is 0 Å². The van der Waals surface area contributed by atoms with E-state index in [4.69, 9.17) is 4.98 Å². The Bertz CT molecular complexity index is 596. The third kappa shape index (κ3) is 1.57. The Hall–Kier alpha value is -1.09. The third-order valence-corrected chi connectivity index (χ3v) is 5.80. The highest BCUT2D eigenvalue weighted by molar-refractivity contribution is 7.22. The number of benzene rings is 1. The molecule has 0 amide bonds. The van der Waals surface area contributed by atoms with Crippen molar-refractivity contribution in [2.45, 2.75) is 40.7 Å². The summed E-state index contributed by atoms with van der Waals surface area (Å²) in [5.41, 5.74) is 3.08. The van der Waals surface area contributed by atoms with E-state index in [9.17, 15) is 0 Å². The first-order chi connectivity index (χ1) is 8.32. The van der Waals surface area contributed by atoms with Gasteiger partial charge in [0.1, 0.15) is 0 Å². The quantitative estimate of drug-likeness (QED) is 0.862. The topological polar surface area (TPSA) is 24.9 Å². The molecule has 0 bridgehead atoms. The summed E-state index contributed by atoms with van der Waals surface area (Å²) in [6.45, 7) is 11.4. The maximum absolute atomic E-state index is 4.69. The second-order valence-corrected chi connectivity index (χ2v) is 7.54. The standard InChI is InChI=1S/C15H20N2S/c1-9-6-7-11-10(8-9)16-13(18-11)17-12-14(2,3)15(12,4)5/h6-8,12H,1-5H3,(H,16,17). The molecule has 1 aliphatic rings. The van der Waals surface area contributed by atoms with Crippen LogP contribution in [0.5, 0.6) is 0 Å². The Morgan fingerprint density at radius 3 is 2.44 bits per heavy atom. The van der Waals surface area contributed by atoms with Gasteiger partial charge in [-0.25, -0.2) is 4.98 Å². The molecule has 1 saturated carbocycles. The largest absolute Gasteiger partial charge is 0.358 e. The molecule has 2 nitrogen and oxygen atoms in total. The molecule has 2 aromatic rings. The zero-order valence-electron chi connectivity index (χ0n) is 11.7. The number of hydrogen-bond donors (Lipinski definition) is 1. The Morgan fingerprint density at radius 2 is 1.83 bits per heavy atom. The Labute approximate surface area is 112 Å². The van der Waals surface area contributed by atoms with Gasteiger partial charge in [-0.05, 0) is 35.4 Å². The van der Waals surface area contributed by atoms with Gasteiger partial charge in [0, 0.05) is 6.04 Å². The molecule has 0 radical (unpaired) electrons. The van der Waals surface area contributed by atoms with Crippen LogP contribution in [0.15, 0.2) is 18.2 Å². The number of rotatable bonds is 2. The molecule has 1 aromatic heterocycles. The van der Waals surface area contributed by atoms with Gasteiger partial charge in [0.2, 0.25) is 0 Å². The van der Waals surface area contributed by atoms with E-state index in [0.29, 0.717) is 16.9 Å². The molecule has 1 aliphatic carbocycles. The van der Waals surface area contributed by atoms with Gasteiger partial charge in [0.25, 0.3) is 0 Å².